The van der Waals surface area contributed by atoms with E-state index in [1.54, 1.807) is 0 Å². The van der Waals surface area contributed by atoms with Crippen molar-refractivity contribution in [2.45, 2.75) is 20.8 Å². The lowest BCUT2D eigenvalue weighted by molar-refractivity contribution is -0.134. The van der Waals surface area contributed by atoms with Crippen molar-refractivity contribution < 1.29 is 20.2 Å². The highest BCUT2D eigenvalue weighted by molar-refractivity contribution is 5.62. The van der Waals surface area contributed by atoms with Gasteiger partial charge in [-0.15, -0.1) is 5.06 Å². The Morgan fingerprint density at radius 1 is 1.54 bits per heavy atom. The van der Waals surface area contributed by atoms with E-state index < -0.39 is 5.97 Å². The highest BCUT2D eigenvalue weighted by Crippen LogP contribution is 1.86. The summed E-state index contributed by atoms with van der Waals surface area (Å²) in [5, 5.41) is 9.23. The van der Waals surface area contributed by atoms with Gasteiger partial charge in [0.1, 0.15) is 6.26 Å². The Labute approximate surface area is 78.9 Å². The Hall–Kier alpha value is -1.07. The molecule has 5 nitrogen and oxygen atoms in total. The molecule has 0 heterocycles. The van der Waals surface area contributed by atoms with E-state index in [0.717, 1.165) is 20.0 Å². The molecule has 79 valence electrons. The van der Waals surface area contributed by atoms with Crippen molar-refractivity contribution in [1.29, 1.82) is 0 Å². The lowest BCUT2D eigenvalue weighted by Crippen LogP contribution is -2.20. The van der Waals surface area contributed by atoms with Crippen LogP contribution in [-0.4, -0.2) is 34.7 Å². The predicted molar refractivity (Wildman–Crippen MR) is 49.4 cm³/mol. The van der Waals surface area contributed by atoms with Crippen molar-refractivity contribution in [2.75, 3.05) is 13.1 Å². The van der Waals surface area contributed by atoms with Crippen molar-refractivity contribution >= 4 is 5.97 Å². The Kier molecular flexibility index (Phi) is 18.6. The number of nitrogens with zero attached hydrogens (tertiary/aromatic N) is 1. The fourth-order valence-electron chi connectivity index (χ4n) is 0.478. The minimum absolute atomic E-state index is 0. The van der Waals surface area contributed by atoms with Crippen LogP contribution < -0.4 is 0 Å². The monoisotopic (exact) mass is 192 g/mol. The summed E-state index contributed by atoms with van der Waals surface area (Å²) in [6.45, 7) is 10.4. The molecule has 0 aliphatic heterocycles. The Morgan fingerprint density at radius 3 is 1.92 bits per heavy atom. The molecule has 13 heavy (non-hydrogen) atoms. The highest BCUT2D eigenvalue weighted by Gasteiger charge is 1.91. The molecule has 0 spiro atoms. The maximum Gasteiger partial charge on any atom is 0.300 e. The Balaban J connectivity index is -0.000000173. The van der Waals surface area contributed by atoms with Crippen LogP contribution in [0.25, 0.3) is 0 Å². The topological polar surface area (TPSA) is 79.8 Å². The molecule has 0 aromatic rings. The molecule has 0 saturated carbocycles. The summed E-state index contributed by atoms with van der Waals surface area (Å²) in [5.41, 5.74) is 0. The zero-order chi connectivity index (χ0) is 9.98. The van der Waals surface area contributed by atoms with Gasteiger partial charge in [0.25, 0.3) is 5.97 Å². The lowest BCUT2D eigenvalue weighted by Gasteiger charge is -2.14. The van der Waals surface area contributed by atoms with Crippen LogP contribution in [0, 0.1) is 0 Å². The fourth-order valence-corrected chi connectivity index (χ4v) is 0.478. The lowest BCUT2D eigenvalue weighted by atomic mass is 10.6. The summed E-state index contributed by atoms with van der Waals surface area (Å²) in [6.07, 6.45) is 1.44. The molecule has 5 heteroatoms. The van der Waals surface area contributed by atoms with Gasteiger partial charge in [-0.3, -0.25) is 10.3 Å². The average molecular weight is 192 g/mol. The summed E-state index contributed by atoms with van der Waals surface area (Å²) in [5.74, 6) is -0.833. The largest absolute Gasteiger partial charge is 0.481 e. The third-order valence-corrected chi connectivity index (χ3v) is 0.929. The van der Waals surface area contributed by atoms with Crippen LogP contribution >= 0.6 is 0 Å². The predicted octanol–water partition coefficient (Wildman–Crippen LogP) is 1.32. The van der Waals surface area contributed by atoms with Crippen LogP contribution in [0.4, 0.5) is 0 Å². The molecule has 0 amide bonds. The number of carboxylic acids is 1. The van der Waals surface area contributed by atoms with E-state index in [0.29, 0.717) is 0 Å². The summed E-state index contributed by atoms with van der Waals surface area (Å²) in [4.78, 5) is 13.9. The first-order chi connectivity index (χ1) is 5.58. The van der Waals surface area contributed by atoms with Gasteiger partial charge in [-0.25, -0.2) is 0 Å². The first-order valence-electron chi connectivity index (χ1n) is 3.80. The summed E-state index contributed by atoms with van der Waals surface area (Å²) in [6, 6.07) is 0. The van der Waals surface area contributed by atoms with Crippen LogP contribution in [-0.2, 0) is 9.63 Å². The van der Waals surface area contributed by atoms with Gasteiger partial charge in [-0.1, -0.05) is 6.58 Å². The molecule has 0 aliphatic rings. The minimum atomic E-state index is -0.833. The molecule has 2 N–H and O–H groups in total. The standard InChI is InChI=1S/C6H13NO.C2H4O2.HO/c1-4-7(5-2)8-6-3;1-2(3)4;/h6H,3-5H2,1-2H3;1H3,(H,3,4);1H. The molecule has 0 fully saturated rings. The van der Waals surface area contributed by atoms with E-state index in [1.807, 2.05) is 18.9 Å². The maximum atomic E-state index is 9.00. The Bertz CT molecular complexity index is 119. The van der Waals surface area contributed by atoms with Gasteiger partial charge in [-0.2, -0.15) is 0 Å². The van der Waals surface area contributed by atoms with E-state index in [-0.39, 0.29) is 5.48 Å². The first-order valence-corrected chi connectivity index (χ1v) is 3.80. The second kappa shape index (κ2) is 13.5. The molecule has 0 bridgehead atoms. The van der Waals surface area contributed by atoms with Gasteiger partial charge in [0, 0.05) is 20.0 Å². The number of hydrogen-bond acceptors (Lipinski definition) is 3. The third kappa shape index (κ3) is 24.8. The van der Waals surface area contributed by atoms with Crippen molar-refractivity contribution in [3.05, 3.63) is 12.8 Å². The van der Waals surface area contributed by atoms with Crippen LogP contribution in [0.15, 0.2) is 12.8 Å². The normalized spacial score (nSPS) is 7.69. The quantitative estimate of drug-likeness (QED) is 0.520. The van der Waals surface area contributed by atoms with Gasteiger partial charge >= 0.3 is 0 Å². The zero-order valence-electron chi connectivity index (χ0n) is 8.36. The van der Waals surface area contributed by atoms with Crippen molar-refractivity contribution in [3.63, 3.8) is 0 Å². The van der Waals surface area contributed by atoms with E-state index in [4.69, 9.17) is 14.7 Å². The number of carbonyl (C=O) groups is 1. The highest BCUT2D eigenvalue weighted by atomic mass is 16.7. The minimum Gasteiger partial charge on any atom is -0.481 e. The first kappa shape index (κ1) is 17.9. The fraction of sp³-hybridized carbons (Fsp3) is 0.625. The Morgan fingerprint density at radius 2 is 1.85 bits per heavy atom. The van der Waals surface area contributed by atoms with Crippen LogP contribution in [0.3, 0.4) is 0 Å². The molecular formula is C8H18NO4. The van der Waals surface area contributed by atoms with Gasteiger partial charge in [-0.05, 0) is 13.8 Å². The summed E-state index contributed by atoms with van der Waals surface area (Å²) < 4.78 is 0. The number of hydrogen-bond donors (Lipinski definition) is 2. The van der Waals surface area contributed by atoms with Gasteiger partial charge in [0.15, 0.2) is 0 Å². The molecular weight excluding hydrogens is 174 g/mol. The van der Waals surface area contributed by atoms with Crippen molar-refractivity contribution in [3.8, 4) is 0 Å². The second-order valence-electron chi connectivity index (χ2n) is 1.91. The number of rotatable bonds is 4. The van der Waals surface area contributed by atoms with E-state index in [9.17, 15) is 0 Å². The number of hydroxylamine groups is 2. The molecule has 0 aliphatic carbocycles. The smallest absolute Gasteiger partial charge is 0.300 e. The van der Waals surface area contributed by atoms with Gasteiger partial charge in [0.2, 0.25) is 0 Å². The summed E-state index contributed by atoms with van der Waals surface area (Å²) >= 11 is 0. The van der Waals surface area contributed by atoms with Crippen LogP contribution in [0.5, 0.6) is 0 Å². The average Bonchev–Trinajstić information content (AvgIpc) is 1.99. The maximum absolute atomic E-state index is 9.00. The van der Waals surface area contributed by atoms with E-state index in [1.165, 1.54) is 6.26 Å². The zero-order valence-corrected chi connectivity index (χ0v) is 8.36. The second-order valence-corrected chi connectivity index (χ2v) is 1.91. The van der Waals surface area contributed by atoms with Gasteiger partial charge < -0.3 is 9.94 Å². The summed E-state index contributed by atoms with van der Waals surface area (Å²) in [7, 11) is 0. The number of aliphatic carboxylic acids is 1. The molecule has 0 unspecified atom stereocenters. The van der Waals surface area contributed by atoms with Crippen LogP contribution in [0.1, 0.15) is 20.8 Å². The number of carboxylic acid groups (broad SMARTS) is 1. The van der Waals surface area contributed by atoms with E-state index >= 15 is 0 Å². The third-order valence-electron chi connectivity index (χ3n) is 0.929. The van der Waals surface area contributed by atoms with Crippen molar-refractivity contribution in [1.82, 2.24) is 5.06 Å². The molecule has 0 aromatic heterocycles. The molecule has 0 saturated heterocycles. The van der Waals surface area contributed by atoms with E-state index in [2.05, 4.69) is 6.58 Å². The SMILES string of the molecule is C=CON(CC)CC.CC(=O)O.[OH]. The molecule has 1 radical (unpaired) electrons. The molecule has 0 aromatic carbocycles. The molecule has 0 rings (SSSR count). The van der Waals surface area contributed by atoms with Crippen LogP contribution in [0.2, 0.25) is 0 Å². The van der Waals surface area contributed by atoms with Crippen molar-refractivity contribution in [2.24, 2.45) is 0 Å². The molecule has 0 atom stereocenters. The van der Waals surface area contributed by atoms with Gasteiger partial charge in [0.05, 0.1) is 0 Å².